The first-order chi connectivity index (χ1) is 6.24. The molecule has 13 heavy (non-hydrogen) atoms. The summed E-state index contributed by atoms with van der Waals surface area (Å²) in [5.74, 6) is 0.850. The first-order valence-corrected chi connectivity index (χ1v) is 5.07. The Bertz CT molecular complexity index is 310. The zero-order valence-corrected chi connectivity index (χ0v) is 8.85. The third-order valence-corrected chi connectivity index (χ3v) is 2.20. The van der Waals surface area contributed by atoms with E-state index in [-0.39, 0.29) is 0 Å². The van der Waals surface area contributed by atoms with E-state index in [2.05, 4.69) is 12.6 Å². The number of benzene rings is 1. The normalized spacial score (nSPS) is 10.9. The van der Waals surface area contributed by atoms with E-state index >= 15 is 0 Å². The Hall–Kier alpha value is -0.600. The van der Waals surface area contributed by atoms with E-state index in [0.717, 1.165) is 17.7 Å². The molecule has 1 aromatic rings. The third-order valence-electron chi connectivity index (χ3n) is 1.62. The molecular formula is C10H12ClNS. The van der Waals surface area contributed by atoms with Gasteiger partial charge in [0.2, 0.25) is 0 Å². The molecule has 0 saturated carbocycles. The number of nitrogens with two attached hydrogens (primary N) is 1. The first kappa shape index (κ1) is 10.5. The van der Waals surface area contributed by atoms with Gasteiger partial charge in [-0.2, -0.15) is 12.6 Å². The quantitative estimate of drug-likeness (QED) is 0.585. The number of rotatable bonds is 3. The molecule has 2 N–H and O–H groups in total. The minimum atomic E-state index is 0.690. The second kappa shape index (κ2) is 5.20. The van der Waals surface area contributed by atoms with E-state index in [4.69, 9.17) is 17.3 Å². The number of thiol groups is 1. The van der Waals surface area contributed by atoms with Crippen molar-refractivity contribution in [3.8, 4) is 0 Å². The highest BCUT2D eigenvalue weighted by Crippen LogP contribution is 2.20. The summed E-state index contributed by atoms with van der Waals surface area (Å²) in [6.07, 6.45) is 4.98. The summed E-state index contributed by atoms with van der Waals surface area (Å²) in [6, 6.07) is 5.50. The van der Waals surface area contributed by atoms with Crippen LogP contribution in [0.25, 0.3) is 6.08 Å². The molecule has 0 aliphatic carbocycles. The predicted molar refractivity (Wildman–Crippen MR) is 63.4 cm³/mol. The number of hydrogen-bond acceptors (Lipinski definition) is 2. The van der Waals surface area contributed by atoms with E-state index in [0.29, 0.717) is 10.7 Å². The van der Waals surface area contributed by atoms with Crippen molar-refractivity contribution in [3.63, 3.8) is 0 Å². The molecule has 0 aromatic heterocycles. The van der Waals surface area contributed by atoms with Crippen LogP contribution < -0.4 is 5.73 Å². The van der Waals surface area contributed by atoms with E-state index in [9.17, 15) is 0 Å². The van der Waals surface area contributed by atoms with Gasteiger partial charge in [0.1, 0.15) is 0 Å². The summed E-state index contributed by atoms with van der Waals surface area (Å²) in [4.78, 5) is 0. The summed E-state index contributed by atoms with van der Waals surface area (Å²) in [7, 11) is 0. The Balaban J connectivity index is 2.77. The van der Waals surface area contributed by atoms with Crippen molar-refractivity contribution in [1.82, 2.24) is 0 Å². The molecule has 3 heteroatoms. The van der Waals surface area contributed by atoms with Crippen molar-refractivity contribution in [2.75, 3.05) is 11.5 Å². The second-order valence-corrected chi connectivity index (χ2v) is 3.55. The largest absolute Gasteiger partial charge is 0.399 e. The second-order valence-electron chi connectivity index (χ2n) is 2.70. The van der Waals surface area contributed by atoms with Gasteiger partial charge >= 0.3 is 0 Å². The van der Waals surface area contributed by atoms with Gasteiger partial charge in [-0.25, -0.2) is 0 Å². The minimum absolute atomic E-state index is 0.690. The number of allylic oxidation sites excluding steroid dienone is 1. The van der Waals surface area contributed by atoms with E-state index in [1.807, 2.05) is 24.3 Å². The van der Waals surface area contributed by atoms with Gasteiger partial charge in [0.15, 0.2) is 0 Å². The standard InChI is InChI=1S/C10H12ClNS/c11-10-7-9(12)5-4-8(10)3-1-2-6-13/h1,3-5,7,13H,2,6,12H2. The van der Waals surface area contributed by atoms with Crippen LogP contribution >= 0.6 is 24.2 Å². The Kier molecular flexibility index (Phi) is 4.19. The van der Waals surface area contributed by atoms with Crippen LogP contribution in [0.15, 0.2) is 24.3 Å². The molecule has 0 saturated heterocycles. The molecule has 0 unspecified atom stereocenters. The maximum Gasteiger partial charge on any atom is 0.0498 e. The molecule has 0 spiro atoms. The Morgan fingerprint density at radius 1 is 1.46 bits per heavy atom. The first-order valence-electron chi connectivity index (χ1n) is 4.06. The van der Waals surface area contributed by atoms with Crippen LogP contribution in [0.3, 0.4) is 0 Å². The third kappa shape index (κ3) is 3.33. The molecular weight excluding hydrogens is 202 g/mol. The fourth-order valence-corrected chi connectivity index (χ4v) is 1.36. The maximum atomic E-state index is 5.96. The average Bonchev–Trinajstić information content (AvgIpc) is 2.09. The van der Waals surface area contributed by atoms with Gasteiger partial charge in [-0.05, 0) is 29.9 Å². The van der Waals surface area contributed by atoms with E-state index in [1.54, 1.807) is 6.07 Å². The lowest BCUT2D eigenvalue weighted by Gasteiger charge is -1.99. The summed E-state index contributed by atoms with van der Waals surface area (Å²) >= 11 is 10.1. The topological polar surface area (TPSA) is 26.0 Å². The SMILES string of the molecule is Nc1ccc(C=CCCS)c(Cl)c1. The highest BCUT2D eigenvalue weighted by atomic mass is 35.5. The van der Waals surface area contributed by atoms with Gasteiger partial charge in [-0.1, -0.05) is 29.8 Å². The number of nitrogen functional groups attached to an aromatic ring is 1. The molecule has 0 fully saturated rings. The molecule has 0 radical (unpaired) electrons. The van der Waals surface area contributed by atoms with Gasteiger partial charge < -0.3 is 5.73 Å². The van der Waals surface area contributed by atoms with E-state index < -0.39 is 0 Å². The van der Waals surface area contributed by atoms with Crippen molar-refractivity contribution in [2.45, 2.75) is 6.42 Å². The lowest BCUT2D eigenvalue weighted by Crippen LogP contribution is -1.84. The van der Waals surface area contributed by atoms with E-state index in [1.165, 1.54) is 0 Å². The fourth-order valence-electron chi connectivity index (χ4n) is 0.963. The van der Waals surface area contributed by atoms with Crippen LogP contribution in [-0.2, 0) is 0 Å². The zero-order chi connectivity index (χ0) is 9.68. The monoisotopic (exact) mass is 213 g/mol. The highest BCUT2D eigenvalue weighted by molar-refractivity contribution is 7.80. The van der Waals surface area contributed by atoms with Crippen LogP contribution in [-0.4, -0.2) is 5.75 Å². The number of anilines is 1. The molecule has 0 amide bonds. The van der Waals surface area contributed by atoms with Crippen LogP contribution in [0, 0.1) is 0 Å². The van der Waals surface area contributed by atoms with Gasteiger partial charge in [-0.15, -0.1) is 0 Å². The average molecular weight is 214 g/mol. The van der Waals surface area contributed by atoms with Gasteiger partial charge in [0.25, 0.3) is 0 Å². The minimum Gasteiger partial charge on any atom is -0.399 e. The van der Waals surface area contributed by atoms with Crippen molar-refractivity contribution in [1.29, 1.82) is 0 Å². The lowest BCUT2D eigenvalue weighted by molar-refractivity contribution is 1.26. The molecule has 0 atom stereocenters. The zero-order valence-electron chi connectivity index (χ0n) is 7.20. The van der Waals surface area contributed by atoms with Crippen LogP contribution in [0.2, 0.25) is 5.02 Å². The number of halogens is 1. The van der Waals surface area contributed by atoms with Crippen LogP contribution in [0.5, 0.6) is 0 Å². The lowest BCUT2D eigenvalue weighted by atomic mass is 10.2. The van der Waals surface area contributed by atoms with Gasteiger partial charge in [0, 0.05) is 10.7 Å². The smallest absolute Gasteiger partial charge is 0.0498 e. The molecule has 1 nitrogen and oxygen atoms in total. The maximum absolute atomic E-state index is 5.96. The predicted octanol–water partition coefficient (Wildman–Crippen LogP) is 3.26. The highest BCUT2D eigenvalue weighted by Gasteiger charge is 1.95. The molecule has 0 heterocycles. The Labute approximate surface area is 89.0 Å². The molecule has 0 bridgehead atoms. The molecule has 0 aliphatic rings. The van der Waals surface area contributed by atoms with Crippen molar-refractivity contribution < 1.29 is 0 Å². The summed E-state index contributed by atoms with van der Waals surface area (Å²) in [5, 5.41) is 0.690. The number of hydrogen-bond donors (Lipinski definition) is 2. The Morgan fingerprint density at radius 3 is 2.85 bits per heavy atom. The summed E-state index contributed by atoms with van der Waals surface area (Å²) < 4.78 is 0. The van der Waals surface area contributed by atoms with Gasteiger partial charge in [-0.3, -0.25) is 0 Å². The fraction of sp³-hybridized carbons (Fsp3) is 0.200. The summed E-state index contributed by atoms with van der Waals surface area (Å²) in [5.41, 5.74) is 7.25. The van der Waals surface area contributed by atoms with Crippen LogP contribution in [0.1, 0.15) is 12.0 Å². The molecule has 1 aromatic carbocycles. The van der Waals surface area contributed by atoms with Crippen molar-refractivity contribution in [3.05, 3.63) is 34.9 Å². The Morgan fingerprint density at radius 2 is 2.23 bits per heavy atom. The summed E-state index contributed by atoms with van der Waals surface area (Å²) in [6.45, 7) is 0. The van der Waals surface area contributed by atoms with Crippen molar-refractivity contribution in [2.24, 2.45) is 0 Å². The van der Waals surface area contributed by atoms with Crippen molar-refractivity contribution >= 4 is 36.0 Å². The van der Waals surface area contributed by atoms with Crippen LogP contribution in [0.4, 0.5) is 5.69 Å². The molecule has 0 aliphatic heterocycles. The molecule has 1 rings (SSSR count). The van der Waals surface area contributed by atoms with Gasteiger partial charge in [0.05, 0.1) is 0 Å². The molecule has 70 valence electrons.